The van der Waals surface area contributed by atoms with Crippen molar-refractivity contribution in [3.8, 4) is 6.07 Å². The van der Waals surface area contributed by atoms with Crippen LogP contribution in [0.5, 0.6) is 0 Å². The van der Waals surface area contributed by atoms with Crippen LogP contribution < -0.4 is 10.6 Å². The van der Waals surface area contributed by atoms with Crippen LogP contribution in [0.1, 0.15) is 44.1 Å². The van der Waals surface area contributed by atoms with Crippen LogP contribution in [0.3, 0.4) is 0 Å². The predicted molar refractivity (Wildman–Crippen MR) is 83.8 cm³/mol. The molecule has 1 aliphatic carbocycles. The number of carbonyl (C=O) groups is 1. The number of anilines is 1. The van der Waals surface area contributed by atoms with E-state index in [9.17, 15) is 14.4 Å². The van der Waals surface area contributed by atoms with Gasteiger partial charge in [-0.2, -0.15) is 5.26 Å². The van der Waals surface area contributed by atoms with Gasteiger partial charge in [0.05, 0.1) is 12.6 Å². The highest BCUT2D eigenvalue weighted by atomic mass is 19.1. The van der Waals surface area contributed by atoms with Crippen molar-refractivity contribution in [2.45, 2.75) is 51.0 Å². The van der Waals surface area contributed by atoms with Crippen molar-refractivity contribution < 1.29 is 9.18 Å². The van der Waals surface area contributed by atoms with Crippen molar-refractivity contribution in [3.63, 3.8) is 0 Å². The van der Waals surface area contributed by atoms with Crippen LogP contribution >= 0.6 is 0 Å². The van der Waals surface area contributed by atoms with Crippen LogP contribution in [0.4, 0.5) is 10.1 Å². The Morgan fingerprint density at radius 1 is 1.32 bits per heavy atom. The van der Waals surface area contributed by atoms with Gasteiger partial charge < -0.3 is 10.6 Å². The Labute approximate surface area is 130 Å². The number of nitrogens with zero attached hydrogens (tertiary/aromatic N) is 1. The van der Waals surface area contributed by atoms with E-state index >= 15 is 0 Å². The minimum atomic E-state index is -0.742. The Balaban J connectivity index is 1.91. The van der Waals surface area contributed by atoms with E-state index in [2.05, 4.69) is 16.7 Å². The van der Waals surface area contributed by atoms with Crippen LogP contribution in [0.2, 0.25) is 0 Å². The summed E-state index contributed by atoms with van der Waals surface area (Å²) in [6, 6.07) is 7.05. The van der Waals surface area contributed by atoms with Crippen molar-refractivity contribution in [2.75, 3.05) is 11.9 Å². The number of benzene rings is 1. The highest BCUT2D eigenvalue weighted by molar-refractivity contribution is 5.81. The largest absolute Gasteiger partial charge is 0.376 e. The summed E-state index contributed by atoms with van der Waals surface area (Å²) in [4.78, 5) is 12.1. The van der Waals surface area contributed by atoms with Crippen LogP contribution in [0.25, 0.3) is 0 Å². The molecule has 0 bridgehead atoms. The van der Waals surface area contributed by atoms with E-state index in [-0.39, 0.29) is 18.3 Å². The fourth-order valence-corrected chi connectivity index (χ4v) is 2.79. The van der Waals surface area contributed by atoms with Crippen LogP contribution in [-0.4, -0.2) is 18.0 Å². The van der Waals surface area contributed by atoms with Gasteiger partial charge in [-0.15, -0.1) is 0 Å². The molecule has 1 aromatic carbocycles. The standard InChI is InChI=1S/C17H22FN3O/c1-13-6-7-14(10-15(13)18)20-11-16(22)21-17(12-19)8-4-2-3-5-9-17/h6-7,10,20H,2-5,8-9,11H2,1H3,(H,21,22). The maximum atomic E-state index is 13.5. The monoisotopic (exact) mass is 303 g/mol. The summed E-state index contributed by atoms with van der Waals surface area (Å²) >= 11 is 0. The van der Waals surface area contributed by atoms with Gasteiger partial charge in [-0.1, -0.05) is 31.7 Å². The molecule has 2 N–H and O–H groups in total. The third-order valence-corrected chi connectivity index (χ3v) is 4.17. The van der Waals surface area contributed by atoms with Gasteiger partial charge >= 0.3 is 0 Å². The minimum absolute atomic E-state index is 0.0337. The first-order valence-electron chi connectivity index (χ1n) is 7.77. The Morgan fingerprint density at radius 2 is 2.00 bits per heavy atom. The van der Waals surface area contributed by atoms with E-state index < -0.39 is 5.54 Å². The van der Waals surface area contributed by atoms with E-state index in [0.717, 1.165) is 25.7 Å². The molecule has 0 aromatic heterocycles. The molecule has 0 atom stereocenters. The summed E-state index contributed by atoms with van der Waals surface area (Å²) in [7, 11) is 0. The molecule has 1 amide bonds. The van der Waals surface area contributed by atoms with Crippen LogP contribution in [-0.2, 0) is 4.79 Å². The maximum Gasteiger partial charge on any atom is 0.240 e. The fourth-order valence-electron chi connectivity index (χ4n) is 2.79. The molecule has 0 radical (unpaired) electrons. The average molecular weight is 303 g/mol. The third kappa shape index (κ3) is 4.20. The molecule has 0 saturated heterocycles. The van der Waals surface area contributed by atoms with E-state index in [0.29, 0.717) is 24.1 Å². The highest BCUT2D eigenvalue weighted by Crippen LogP contribution is 2.26. The topological polar surface area (TPSA) is 64.9 Å². The van der Waals surface area contributed by atoms with Crippen molar-refractivity contribution in [3.05, 3.63) is 29.6 Å². The predicted octanol–water partition coefficient (Wildman–Crippen LogP) is 3.28. The summed E-state index contributed by atoms with van der Waals surface area (Å²) < 4.78 is 13.5. The molecule has 118 valence electrons. The van der Waals surface area contributed by atoms with Crippen molar-refractivity contribution >= 4 is 11.6 Å². The lowest BCUT2D eigenvalue weighted by Crippen LogP contribution is -2.48. The number of amides is 1. The number of rotatable bonds is 4. The van der Waals surface area contributed by atoms with Gasteiger partial charge in [0.15, 0.2) is 0 Å². The number of aryl methyl sites for hydroxylation is 1. The second-order valence-electron chi connectivity index (χ2n) is 5.97. The lowest BCUT2D eigenvalue weighted by atomic mass is 9.92. The number of carbonyl (C=O) groups excluding carboxylic acids is 1. The molecule has 0 spiro atoms. The Kier molecular flexibility index (Phi) is 5.37. The second-order valence-corrected chi connectivity index (χ2v) is 5.97. The van der Waals surface area contributed by atoms with Gasteiger partial charge in [0.1, 0.15) is 11.4 Å². The van der Waals surface area contributed by atoms with E-state index in [1.807, 2.05) is 0 Å². The molecule has 0 aliphatic heterocycles. The second kappa shape index (κ2) is 7.26. The number of hydrogen-bond donors (Lipinski definition) is 2. The van der Waals surface area contributed by atoms with Gasteiger partial charge in [0.25, 0.3) is 0 Å². The van der Waals surface area contributed by atoms with E-state index in [4.69, 9.17) is 0 Å². The van der Waals surface area contributed by atoms with Gasteiger partial charge in [0.2, 0.25) is 5.91 Å². The van der Waals surface area contributed by atoms with Crippen molar-refractivity contribution in [1.82, 2.24) is 5.32 Å². The van der Waals surface area contributed by atoms with Gasteiger partial charge in [-0.3, -0.25) is 4.79 Å². The lowest BCUT2D eigenvalue weighted by molar-refractivity contribution is -0.120. The molecule has 0 heterocycles. The number of nitrogens with one attached hydrogen (secondary N) is 2. The SMILES string of the molecule is Cc1ccc(NCC(=O)NC2(C#N)CCCCCC2)cc1F. The summed E-state index contributed by atoms with van der Waals surface area (Å²) in [6.07, 6.45) is 5.55. The Hall–Kier alpha value is -2.09. The first kappa shape index (κ1) is 16.3. The smallest absolute Gasteiger partial charge is 0.240 e. The molecular weight excluding hydrogens is 281 g/mol. The molecule has 1 fully saturated rings. The van der Waals surface area contributed by atoms with Crippen molar-refractivity contribution in [1.29, 1.82) is 5.26 Å². The first-order valence-corrected chi connectivity index (χ1v) is 7.77. The molecule has 4 nitrogen and oxygen atoms in total. The zero-order valence-electron chi connectivity index (χ0n) is 12.9. The zero-order chi connectivity index (χ0) is 16.0. The molecule has 1 aromatic rings. The third-order valence-electron chi connectivity index (χ3n) is 4.17. The normalized spacial score (nSPS) is 17.1. The summed E-state index contributed by atoms with van der Waals surface area (Å²) in [5.41, 5.74) is 0.385. The minimum Gasteiger partial charge on any atom is -0.376 e. The summed E-state index contributed by atoms with van der Waals surface area (Å²) in [6.45, 7) is 1.72. The van der Waals surface area contributed by atoms with Crippen LogP contribution in [0, 0.1) is 24.1 Å². The molecule has 0 unspecified atom stereocenters. The van der Waals surface area contributed by atoms with Crippen molar-refractivity contribution in [2.24, 2.45) is 0 Å². The molecule has 22 heavy (non-hydrogen) atoms. The van der Waals surface area contributed by atoms with Crippen LogP contribution in [0.15, 0.2) is 18.2 Å². The molecule has 1 aliphatic rings. The zero-order valence-corrected chi connectivity index (χ0v) is 12.9. The van der Waals surface area contributed by atoms with Gasteiger partial charge in [0, 0.05) is 5.69 Å². The summed E-state index contributed by atoms with van der Waals surface area (Å²) in [5.74, 6) is -0.535. The lowest BCUT2D eigenvalue weighted by Gasteiger charge is -2.26. The van der Waals surface area contributed by atoms with E-state index in [1.54, 1.807) is 19.1 Å². The first-order chi connectivity index (χ1) is 10.5. The molecule has 1 saturated carbocycles. The number of hydrogen-bond acceptors (Lipinski definition) is 3. The highest BCUT2D eigenvalue weighted by Gasteiger charge is 2.32. The Morgan fingerprint density at radius 3 is 2.59 bits per heavy atom. The maximum absolute atomic E-state index is 13.5. The molecule has 2 rings (SSSR count). The fraction of sp³-hybridized carbons (Fsp3) is 0.529. The quantitative estimate of drug-likeness (QED) is 0.839. The van der Waals surface area contributed by atoms with E-state index in [1.165, 1.54) is 6.07 Å². The van der Waals surface area contributed by atoms with Gasteiger partial charge in [-0.05, 0) is 37.5 Å². The number of halogens is 1. The molecular formula is C17H22FN3O. The average Bonchev–Trinajstić information content (AvgIpc) is 2.74. The Bertz CT molecular complexity index is 572. The molecule has 5 heteroatoms. The summed E-state index contributed by atoms with van der Waals surface area (Å²) in [5, 5.41) is 15.2. The number of nitriles is 1. The van der Waals surface area contributed by atoms with Gasteiger partial charge in [-0.25, -0.2) is 4.39 Å².